The lowest BCUT2D eigenvalue weighted by molar-refractivity contribution is -0.0645. The molecule has 1 spiro atoms. The van der Waals surface area contributed by atoms with Gasteiger partial charge in [-0.15, -0.1) is 0 Å². The van der Waals surface area contributed by atoms with Gasteiger partial charge >= 0.3 is 5.97 Å². The van der Waals surface area contributed by atoms with Gasteiger partial charge in [-0.2, -0.15) is 0 Å². The predicted molar refractivity (Wildman–Crippen MR) is 65.0 cm³/mol. The standard InChI is InChI=1S/C14H17NO2/c16-13(17)12-4-2-11(3-5-12)8-15-9-14(10-15)6-1-7-14/h2-5H,1,6-10H2,(H,16,17). The van der Waals surface area contributed by atoms with E-state index in [-0.39, 0.29) is 0 Å². The molecule has 1 N–H and O–H groups in total. The average molecular weight is 231 g/mol. The van der Waals surface area contributed by atoms with E-state index in [4.69, 9.17) is 5.11 Å². The van der Waals surface area contributed by atoms with E-state index in [2.05, 4.69) is 4.90 Å². The van der Waals surface area contributed by atoms with Gasteiger partial charge in [-0.3, -0.25) is 4.90 Å². The fraction of sp³-hybridized carbons (Fsp3) is 0.500. The van der Waals surface area contributed by atoms with Crippen LogP contribution in [0, 0.1) is 5.41 Å². The second-order valence-corrected chi connectivity index (χ2v) is 5.50. The normalized spacial score (nSPS) is 21.9. The summed E-state index contributed by atoms with van der Waals surface area (Å²) in [7, 11) is 0. The Morgan fingerprint density at radius 2 is 1.88 bits per heavy atom. The molecule has 0 radical (unpaired) electrons. The van der Waals surface area contributed by atoms with E-state index in [1.54, 1.807) is 12.1 Å². The third-order valence-electron chi connectivity index (χ3n) is 4.14. The maximum atomic E-state index is 10.7. The molecule has 1 aromatic rings. The fourth-order valence-electron chi connectivity index (χ4n) is 3.02. The van der Waals surface area contributed by atoms with E-state index in [1.807, 2.05) is 12.1 Å². The molecule has 3 nitrogen and oxygen atoms in total. The lowest BCUT2D eigenvalue weighted by atomic mass is 9.63. The van der Waals surface area contributed by atoms with Crippen LogP contribution < -0.4 is 0 Å². The molecule has 0 unspecified atom stereocenters. The van der Waals surface area contributed by atoms with Crippen molar-refractivity contribution in [2.75, 3.05) is 13.1 Å². The number of hydrogen-bond donors (Lipinski definition) is 1. The molecule has 1 heterocycles. The minimum Gasteiger partial charge on any atom is -0.478 e. The quantitative estimate of drug-likeness (QED) is 0.868. The third kappa shape index (κ3) is 1.95. The van der Waals surface area contributed by atoms with Crippen LogP contribution in [0.25, 0.3) is 0 Å². The zero-order valence-corrected chi connectivity index (χ0v) is 9.85. The van der Waals surface area contributed by atoms with Crippen LogP contribution in [0.1, 0.15) is 35.2 Å². The van der Waals surface area contributed by atoms with Crippen molar-refractivity contribution >= 4 is 5.97 Å². The maximum Gasteiger partial charge on any atom is 0.335 e. The first-order chi connectivity index (χ1) is 8.17. The van der Waals surface area contributed by atoms with E-state index in [0.29, 0.717) is 11.0 Å². The van der Waals surface area contributed by atoms with Gasteiger partial charge in [0, 0.05) is 19.6 Å². The van der Waals surface area contributed by atoms with Gasteiger partial charge in [0.2, 0.25) is 0 Å². The van der Waals surface area contributed by atoms with Gasteiger partial charge in [0.15, 0.2) is 0 Å². The Morgan fingerprint density at radius 1 is 1.24 bits per heavy atom. The number of carbonyl (C=O) groups is 1. The summed E-state index contributed by atoms with van der Waals surface area (Å²) in [6, 6.07) is 7.23. The molecule has 17 heavy (non-hydrogen) atoms. The number of nitrogens with zero attached hydrogens (tertiary/aromatic N) is 1. The second-order valence-electron chi connectivity index (χ2n) is 5.50. The number of hydrogen-bond acceptors (Lipinski definition) is 2. The predicted octanol–water partition coefficient (Wildman–Crippen LogP) is 2.37. The summed E-state index contributed by atoms with van der Waals surface area (Å²) in [4.78, 5) is 13.2. The van der Waals surface area contributed by atoms with Gasteiger partial charge in [0.1, 0.15) is 0 Å². The molecule has 0 bridgehead atoms. The molecule has 2 fully saturated rings. The number of carboxylic acid groups (broad SMARTS) is 1. The summed E-state index contributed by atoms with van der Waals surface area (Å²) in [6.07, 6.45) is 4.21. The van der Waals surface area contributed by atoms with Crippen molar-refractivity contribution < 1.29 is 9.90 Å². The zero-order valence-electron chi connectivity index (χ0n) is 9.85. The maximum absolute atomic E-state index is 10.7. The topological polar surface area (TPSA) is 40.5 Å². The SMILES string of the molecule is O=C(O)c1ccc(CN2CC3(CCC3)C2)cc1. The summed E-state index contributed by atoms with van der Waals surface area (Å²) in [5.41, 5.74) is 2.25. The Labute approximate surface area is 101 Å². The Morgan fingerprint density at radius 3 is 2.35 bits per heavy atom. The van der Waals surface area contributed by atoms with Crippen LogP contribution in [-0.4, -0.2) is 29.1 Å². The number of carboxylic acids is 1. The van der Waals surface area contributed by atoms with Gasteiger partial charge in [-0.1, -0.05) is 18.6 Å². The molecule has 0 aromatic heterocycles. The van der Waals surface area contributed by atoms with Gasteiger partial charge < -0.3 is 5.11 Å². The van der Waals surface area contributed by atoms with Crippen LogP contribution in [0.4, 0.5) is 0 Å². The summed E-state index contributed by atoms with van der Waals surface area (Å²) < 4.78 is 0. The average Bonchev–Trinajstić information content (AvgIpc) is 2.20. The lowest BCUT2D eigenvalue weighted by Gasteiger charge is -2.56. The van der Waals surface area contributed by atoms with Crippen LogP contribution in [0.5, 0.6) is 0 Å². The molecular formula is C14H17NO2. The summed E-state index contributed by atoms with van der Waals surface area (Å²) in [5.74, 6) is -0.853. The van der Waals surface area contributed by atoms with Gasteiger partial charge in [0.25, 0.3) is 0 Å². The van der Waals surface area contributed by atoms with Gasteiger partial charge in [0.05, 0.1) is 5.56 Å². The minimum atomic E-state index is -0.853. The van der Waals surface area contributed by atoms with E-state index < -0.39 is 5.97 Å². The van der Waals surface area contributed by atoms with E-state index in [0.717, 1.165) is 6.54 Å². The van der Waals surface area contributed by atoms with Gasteiger partial charge in [-0.25, -0.2) is 4.79 Å². The van der Waals surface area contributed by atoms with Gasteiger partial charge in [-0.05, 0) is 36.0 Å². The summed E-state index contributed by atoms with van der Waals surface area (Å²) in [5, 5.41) is 8.81. The molecule has 90 valence electrons. The fourth-order valence-corrected chi connectivity index (χ4v) is 3.02. The molecular weight excluding hydrogens is 214 g/mol. The Balaban J connectivity index is 1.57. The molecule has 1 saturated carbocycles. The number of rotatable bonds is 3. The van der Waals surface area contributed by atoms with Crippen LogP contribution in [0.15, 0.2) is 24.3 Å². The molecule has 1 aromatic carbocycles. The van der Waals surface area contributed by atoms with Crippen molar-refractivity contribution in [1.29, 1.82) is 0 Å². The smallest absolute Gasteiger partial charge is 0.335 e. The van der Waals surface area contributed by atoms with E-state index >= 15 is 0 Å². The lowest BCUT2D eigenvalue weighted by Crippen LogP contribution is -2.58. The van der Waals surface area contributed by atoms with Crippen LogP contribution in [0.2, 0.25) is 0 Å². The molecule has 1 saturated heterocycles. The molecule has 0 atom stereocenters. The summed E-state index contributed by atoms with van der Waals surface area (Å²) in [6.45, 7) is 3.42. The van der Waals surface area contributed by atoms with Crippen LogP contribution in [-0.2, 0) is 6.54 Å². The molecule has 1 aliphatic heterocycles. The highest BCUT2D eigenvalue weighted by molar-refractivity contribution is 5.87. The van der Waals surface area contributed by atoms with Crippen molar-refractivity contribution in [2.45, 2.75) is 25.8 Å². The molecule has 2 aliphatic rings. The molecule has 3 heteroatoms. The zero-order chi connectivity index (χ0) is 11.9. The highest BCUT2D eigenvalue weighted by Gasteiger charge is 2.46. The third-order valence-corrected chi connectivity index (χ3v) is 4.14. The Bertz CT molecular complexity index is 426. The van der Waals surface area contributed by atoms with Crippen molar-refractivity contribution in [2.24, 2.45) is 5.41 Å². The van der Waals surface area contributed by atoms with Crippen LogP contribution in [0.3, 0.4) is 0 Å². The van der Waals surface area contributed by atoms with E-state index in [1.165, 1.54) is 37.9 Å². The number of benzene rings is 1. The van der Waals surface area contributed by atoms with E-state index in [9.17, 15) is 4.79 Å². The van der Waals surface area contributed by atoms with Crippen molar-refractivity contribution in [3.63, 3.8) is 0 Å². The summed E-state index contributed by atoms with van der Waals surface area (Å²) >= 11 is 0. The Hall–Kier alpha value is -1.35. The second kappa shape index (κ2) is 3.84. The molecule has 1 aliphatic carbocycles. The monoisotopic (exact) mass is 231 g/mol. The highest BCUT2D eigenvalue weighted by Crippen LogP contribution is 2.48. The molecule has 3 rings (SSSR count). The van der Waals surface area contributed by atoms with Crippen molar-refractivity contribution in [3.05, 3.63) is 35.4 Å². The first-order valence-corrected chi connectivity index (χ1v) is 6.22. The number of aromatic carboxylic acids is 1. The molecule has 0 amide bonds. The van der Waals surface area contributed by atoms with Crippen molar-refractivity contribution in [3.8, 4) is 0 Å². The highest BCUT2D eigenvalue weighted by atomic mass is 16.4. The largest absolute Gasteiger partial charge is 0.478 e. The Kier molecular flexibility index (Phi) is 2.44. The van der Waals surface area contributed by atoms with Crippen LogP contribution >= 0.6 is 0 Å². The first kappa shape index (κ1) is 10.8. The number of likely N-dealkylation sites (tertiary alicyclic amines) is 1. The minimum absolute atomic E-state index is 0.368. The first-order valence-electron chi connectivity index (χ1n) is 6.22. The van der Waals surface area contributed by atoms with Crippen molar-refractivity contribution in [1.82, 2.24) is 4.90 Å².